The quantitative estimate of drug-likeness (QED) is 0.763. The van der Waals surface area contributed by atoms with Gasteiger partial charge in [0.25, 0.3) is 0 Å². The number of anilines is 1. The van der Waals surface area contributed by atoms with Crippen LogP contribution in [0.1, 0.15) is 0 Å². The van der Waals surface area contributed by atoms with Gasteiger partial charge in [0.2, 0.25) is 0 Å². The van der Waals surface area contributed by atoms with E-state index in [2.05, 4.69) is 41.7 Å². The third kappa shape index (κ3) is 1.73. The van der Waals surface area contributed by atoms with Crippen LogP contribution in [0.5, 0.6) is 0 Å². The van der Waals surface area contributed by atoms with Crippen LogP contribution >= 0.6 is 11.3 Å². The summed E-state index contributed by atoms with van der Waals surface area (Å²) in [6.07, 6.45) is 0. The number of rotatable bonds is 2. The molecule has 0 spiro atoms. The molecule has 1 N–H and O–H groups in total. The lowest BCUT2D eigenvalue weighted by Gasteiger charge is -1.94. The summed E-state index contributed by atoms with van der Waals surface area (Å²) in [5, 5.41) is 4.34. The van der Waals surface area contributed by atoms with Crippen LogP contribution in [0.3, 0.4) is 0 Å². The lowest BCUT2D eigenvalue weighted by atomic mass is 10.2. The summed E-state index contributed by atoms with van der Waals surface area (Å²) < 4.78 is 0. The van der Waals surface area contributed by atoms with Crippen molar-refractivity contribution in [3.63, 3.8) is 0 Å². The topological polar surface area (TPSA) is 12.0 Å². The van der Waals surface area contributed by atoms with Crippen LogP contribution in [-0.2, 0) is 0 Å². The second-order valence-electron chi connectivity index (χ2n) is 2.78. The van der Waals surface area contributed by atoms with Gasteiger partial charge in [-0.2, -0.15) is 0 Å². The largest absolute Gasteiger partial charge is 0.380 e. The minimum Gasteiger partial charge on any atom is -0.380 e. The third-order valence-corrected chi connectivity index (χ3v) is 3.06. The highest BCUT2D eigenvalue weighted by atomic mass is 32.1. The van der Waals surface area contributed by atoms with Crippen LogP contribution in [0.25, 0.3) is 10.4 Å². The van der Waals surface area contributed by atoms with Crippen molar-refractivity contribution in [1.29, 1.82) is 0 Å². The Morgan fingerprint density at radius 3 is 2.38 bits per heavy atom. The van der Waals surface area contributed by atoms with Crippen LogP contribution in [0, 0.1) is 0 Å². The molecule has 0 bridgehead atoms. The van der Waals surface area contributed by atoms with E-state index in [1.807, 2.05) is 13.1 Å². The van der Waals surface area contributed by atoms with Crippen LogP contribution in [-0.4, -0.2) is 7.05 Å². The smallest absolute Gasteiger partial charge is 0.0886 e. The molecule has 0 atom stereocenters. The normalized spacial score (nSPS) is 9.92. The Morgan fingerprint density at radius 1 is 1.00 bits per heavy atom. The molecule has 0 amide bonds. The van der Waals surface area contributed by atoms with Crippen molar-refractivity contribution in [3.8, 4) is 10.4 Å². The summed E-state index contributed by atoms with van der Waals surface area (Å²) >= 11 is 1.77. The van der Waals surface area contributed by atoms with E-state index >= 15 is 0 Å². The first-order valence-electron chi connectivity index (χ1n) is 4.23. The maximum absolute atomic E-state index is 3.14. The zero-order valence-electron chi connectivity index (χ0n) is 7.45. The van der Waals surface area contributed by atoms with Crippen LogP contribution in [0.2, 0.25) is 0 Å². The van der Waals surface area contributed by atoms with Crippen molar-refractivity contribution >= 4 is 16.3 Å². The van der Waals surface area contributed by atoms with Gasteiger partial charge in [0.1, 0.15) is 0 Å². The molecule has 1 aromatic heterocycles. The molecule has 0 aliphatic carbocycles. The molecule has 0 saturated carbocycles. The van der Waals surface area contributed by atoms with Crippen molar-refractivity contribution in [2.24, 2.45) is 0 Å². The lowest BCUT2D eigenvalue weighted by Crippen LogP contribution is -1.79. The van der Waals surface area contributed by atoms with Crippen LogP contribution in [0.4, 0.5) is 5.00 Å². The second-order valence-corrected chi connectivity index (χ2v) is 3.86. The number of hydrogen-bond donors (Lipinski definition) is 1. The van der Waals surface area contributed by atoms with E-state index < -0.39 is 0 Å². The Bertz CT molecular complexity index is 378. The maximum Gasteiger partial charge on any atom is 0.0886 e. The molecule has 0 unspecified atom stereocenters. The fourth-order valence-corrected chi connectivity index (χ4v) is 2.09. The van der Waals surface area contributed by atoms with Gasteiger partial charge in [-0.05, 0) is 17.7 Å². The van der Waals surface area contributed by atoms with Gasteiger partial charge < -0.3 is 5.32 Å². The van der Waals surface area contributed by atoms with Crippen molar-refractivity contribution < 1.29 is 0 Å². The zero-order valence-corrected chi connectivity index (χ0v) is 8.27. The summed E-state index contributed by atoms with van der Waals surface area (Å²) in [7, 11) is 1.95. The monoisotopic (exact) mass is 189 g/mol. The average molecular weight is 189 g/mol. The van der Waals surface area contributed by atoms with Crippen molar-refractivity contribution in [1.82, 2.24) is 0 Å². The average Bonchev–Trinajstić information content (AvgIpc) is 2.67. The molecule has 66 valence electrons. The highest BCUT2D eigenvalue weighted by molar-refractivity contribution is 7.19. The molecule has 0 saturated heterocycles. The van der Waals surface area contributed by atoms with Crippen molar-refractivity contribution in [2.75, 3.05) is 12.4 Å². The molecule has 2 aromatic rings. The number of benzene rings is 1. The van der Waals surface area contributed by atoms with E-state index in [0.29, 0.717) is 0 Å². The Balaban J connectivity index is 2.36. The first kappa shape index (κ1) is 8.32. The lowest BCUT2D eigenvalue weighted by molar-refractivity contribution is 1.60. The van der Waals surface area contributed by atoms with E-state index in [0.717, 1.165) is 0 Å². The summed E-state index contributed by atoms with van der Waals surface area (Å²) in [6.45, 7) is 0. The van der Waals surface area contributed by atoms with Gasteiger partial charge in [-0.15, -0.1) is 11.3 Å². The highest BCUT2D eigenvalue weighted by Gasteiger charge is 1.99. The Kier molecular flexibility index (Phi) is 2.32. The molecule has 1 aromatic carbocycles. The molecule has 0 aliphatic heterocycles. The molecule has 0 aliphatic rings. The standard InChI is InChI=1S/C11H11NS/c1-12-11-8-7-10(13-11)9-5-3-2-4-6-9/h2-8,12H,1H3. The molecular formula is C11H11NS. The van der Waals surface area contributed by atoms with Gasteiger partial charge in [0, 0.05) is 11.9 Å². The van der Waals surface area contributed by atoms with Gasteiger partial charge in [0.15, 0.2) is 0 Å². The first-order valence-corrected chi connectivity index (χ1v) is 5.05. The molecule has 2 rings (SSSR count). The van der Waals surface area contributed by atoms with E-state index in [-0.39, 0.29) is 0 Å². The maximum atomic E-state index is 3.14. The van der Waals surface area contributed by atoms with Gasteiger partial charge in [0.05, 0.1) is 5.00 Å². The third-order valence-electron chi connectivity index (χ3n) is 1.91. The SMILES string of the molecule is CNc1ccc(-c2ccccc2)s1. The molecule has 1 heterocycles. The van der Waals surface area contributed by atoms with Crippen LogP contribution in [0.15, 0.2) is 42.5 Å². The Labute approximate surface area is 82.0 Å². The molecule has 0 fully saturated rings. The number of nitrogens with one attached hydrogen (secondary N) is 1. The summed E-state index contributed by atoms with van der Waals surface area (Å²) in [5.41, 5.74) is 1.29. The van der Waals surface area contributed by atoms with Gasteiger partial charge in [-0.1, -0.05) is 30.3 Å². The highest BCUT2D eigenvalue weighted by Crippen LogP contribution is 2.30. The number of hydrogen-bond acceptors (Lipinski definition) is 2. The van der Waals surface area contributed by atoms with Crippen molar-refractivity contribution in [2.45, 2.75) is 0 Å². The number of thiophene rings is 1. The fraction of sp³-hybridized carbons (Fsp3) is 0.0909. The predicted molar refractivity (Wildman–Crippen MR) is 59.3 cm³/mol. The van der Waals surface area contributed by atoms with Crippen LogP contribution < -0.4 is 5.32 Å². The second kappa shape index (κ2) is 3.62. The molecule has 2 heteroatoms. The Morgan fingerprint density at radius 2 is 1.77 bits per heavy atom. The minimum absolute atomic E-state index is 1.21. The molecule has 1 nitrogen and oxygen atoms in total. The predicted octanol–water partition coefficient (Wildman–Crippen LogP) is 3.46. The minimum atomic E-state index is 1.21. The molecular weight excluding hydrogens is 178 g/mol. The molecule has 13 heavy (non-hydrogen) atoms. The Hall–Kier alpha value is -1.28. The zero-order chi connectivity index (χ0) is 9.10. The van der Waals surface area contributed by atoms with E-state index in [1.54, 1.807) is 11.3 Å². The van der Waals surface area contributed by atoms with Gasteiger partial charge in [-0.3, -0.25) is 0 Å². The van der Waals surface area contributed by atoms with Gasteiger partial charge in [-0.25, -0.2) is 0 Å². The molecule has 0 radical (unpaired) electrons. The van der Waals surface area contributed by atoms with E-state index in [1.165, 1.54) is 15.4 Å². The summed E-state index contributed by atoms with van der Waals surface area (Å²) in [4.78, 5) is 1.31. The fourth-order valence-electron chi connectivity index (χ4n) is 1.23. The van der Waals surface area contributed by atoms with E-state index in [9.17, 15) is 0 Å². The van der Waals surface area contributed by atoms with Crippen molar-refractivity contribution in [3.05, 3.63) is 42.5 Å². The first-order chi connectivity index (χ1) is 6.40. The van der Waals surface area contributed by atoms with E-state index in [4.69, 9.17) is 0 Å². The summed E-state index contributed by atoms with van der Waals surface area (Å²) in [5.74, 6) is 0. The summed E-state index contributed by atoms with van der Waals surface area (Å²) in [6, 6.07) is 14.7. The van der Waals surface area contributed by atoms with Gasteiger partial charge >= 0.3 is 0 Å².